The van der Waals surface area contributed by atoms with Crippen LogP contribution in [-0.2, 0) is 6.42 Å². The average Bonchev–Trinajstić information content (AvgIpc) is 2.44. The maximum absolute atomic E-state index is 5.84. The second-order valence-corrected chi connectivity index (χ2v) is 5.91. The maximum Gasteiger partial charge on any atom is 0.119 e. The van der Waals surface area contributed by atoms with E-state index in [0.29, 0.717) is 6.04 Å². The molecule has 20 heavy (non-hydrogen) atoms. The number of ether oxygens (including phenoxy) is 1. The van der Waals surface area contributed by atoms with Crippen molar-refractivity contribution in [3.63, 3.8) is 0 Å². The second kappa shape index (κ2) is 7.65. The van der Waals surface area contributed by atoms with Crippen molar-refractivity contribution in [2.45, 2.75) is 38.6 Å². The Balaban J connectivity index is 1.99. The van der Waals surface area contributed by atoms with Gasteiger partial charge in [-0.25, -0.2) is 0 Å². The van der Waals surface area contributed by atoms with Crippen LogP contribution >= 0.6 is 0 Å². The molecule has 0 fully saturated rings. The molecular formula is C17H28N2O. The highest BCUT2D eigenvalue weighted by Crippen LogP contribution is 2.32. The van der Waals surface area contributed by atoms with Gasteiger partial charge in [-0.05, 0) is 69.6 Å². The Kier molecular flexibility index (Phi) is 5.86. The molecular weight excluding hydrogens is 248 g/mol. The van der Waals surface area contributed by atoms with Gasteiger partial charge in [0.15, 0.2) is 0 Å². The minimum atomic E-state index is 0.537. The number of likely N-dealkylation sites (N-methyl/N-ethyl adjacent to an activating group) is 1. The van der Waals surface area contributed by atoms with Crippen LogP contribution in [0.5, 0.6) is 5.75 Å². The molecule has 112 valence electrons. The van der Waals surface area contributed by atoms with Crippen molar-refractivity contribution in [1.29, 1.82) is 0 Å². The SMILES string of the molecule is CCCNC1CCCc2cc(OCCN(C)C)ccc21. The van der Waals surface area contributed by atoms with E-state index in [9.17, 15) is 0 Å². The number of aryl methyl sites for hydroxylation is 1. The lowest BCUT2D eigenvalue weighted by atomic mass is 9.87. The number of nitrogens with one attached hydrogen (secondary N) is 1. The molecule has 0 amide bonds. The van der Waals surface area contributed by atoms with Crippen molar-refractivity contribution >= 4 is 0 Å². The monoisotopic (exact) mass is 276 g/mol. The zero-order valence-corrected chi connectivity index (χ0v) is 13.1. The van der Waals surface area contributed by atoms with Crippen molar-refractivity contribution in [2.75, 3.05) is 33.8 Å². The Labute approximate surface area is 123 Å². The summed E-state index contributed by atoms with van der Waals surface area (Å²) in [6, 6.07) is 7.16. The summed E-state index contributed by atoms with van der Waals surface area (Å²) in [7, 11) is 4.14. The van der Waals surface area contributed by atoms with E-state index in [0.717, 1.165) is 25.4 Å². The zero-order valence-electron chi connectivity index (χ0n) is 13.1. The molecule has 0 aromatic heterocycles. The molecule has 1 aliphatic rings. The number of benzene rings is 1. The van der Waals surface area contributed by atoms with Crippen LogP contribution in [0.2, 0.25) is 0 Å². The van der Waals surface area contributed by atoms with Crippen LogP contribution in [-0.4, -0.2) is 38.7 Å². The molecule has 0 aliphatic heterocycles. The highest BCUT2D eigenvalue weighted by Gasteiger charge is 2.19. The summed E-state index contributed by atoms with van der Waals surface area (Å²) < 4.78 is 5.84. The molecule has 1 aromatic rings. The summed E-state index contributed by atoms with van der Waals surface area (Å²) in [5, 5.41) is 3.66. The first-order chi connectivity index (χ1) is 9.70. The van der Waals surface area contributed by atoms with Gasteiger partial charge in [0.25, 0.3) is 0 Å². The predicted octanol–water partition coefficient (Wildman–Crippen LogP) is 3.00. The predicted molar refractivity (Wildman–Crippen MR) is 84.5 cm³/mol. The molecule has 0 spiro atoms. The van der Waals surface area contributed by atoms with Crippen LogP contribution in [0.4, 0.5) is 0 Å². The van der Waals surface area contributed by atoms with Gasteiger partial charge in [0.1, 0.15) is 12.4 Å². The van der Waals surface area contributed by atoms with Crippen LogP contribution < -0.4 is 10.1 Å². The molecule has 3 heteroatoms. The fraction of sp³-hybridized carbons (Fsp3) is 0.647. The summed E-state index contributed by atoms with van der Waals surface area (Å²) in [6.07, 6.45) is 4.91. The zero-order chi connectivity index (χ0) is 14.4. The molecule has 0 saturated heterocycles. The summed E-state index contributed by atoms with van der Waals surface area (Å²) >= 11 is 0. The topological polar surface area (TPSA) is 24.5 Å². The third-order valence-electron chi connectivity index (χ3n) is 3.88. The van der Waals surface area contributed by atoms with Gasteiger partial charge in [-0.1, -0.05) is 13.0 Å². The van der Waals surface area contributed by atoms with Crippen LogP contribution in [0, 0.1) is 0 Å². The number of hydrogen-bond donors (Lipinski definition) is 1. The van der Waals surface area contributed by atoms with Crippen LogP contribution in [0.1, 0.15) is 43.4 Å². The van der Waals surface area contributed by atoms with Gasteiger partial charge in [0, 0.05) is 12.6 Å². The molecule has 1 N–H and O–H groups in total. The van der Waals surface area contributed by atoms with Crippen LogP contribution in [0.15, 0.2) is 18.2 Å². The highest BCUT2D eigenvalue weighted by atomic mass is 16.5. The quantitative estimate of drug-likeness (QED) is 0.828. The van der Waals surface area contributed by atoms with E-state index in [1.165, 1.54) is 36.8 Å². The summed E-state index contributed by atoms with van der Waals surface area (Å²) in [4.78, 5) is 2.14. The average molecular weight is 276 g/mol. The highest BCUT2D eigenvalue weighted by molar-refractivity contribution is 5.39. The van der Waals surface area contributed by atoms with Gasteiger partial charge in [-0.2, -0.15) is 0 Å². The Hall–Kier alpha value is -1.06. The van der Waals surface area contributed by atoms with Crippen molar-refractivity contribution in [1.82, 2.24) is 10.2 Å². The van der Waals surface area contributed by atoms with Crippen molar-refractivity contribution in [2.24, 2.45) is 0 Å². The van der Waals surface area contributed by atoms with E-state index >= 15 is 0 Å². The van der Waals surface area contributed by atoms with Gasteiger partial charge >= 0.3 is 0 Å². The molecule has 1 unspecified atom stereocenters. The molecule has 3 nitrogen and oxygen atoms in total. The number of nitrogens with zero attached hydrogens (tertiary/aromatic N) is 1. The minimum absolute atomic E-state index is 0.537. The summed E-state index contributed by atoms with van der Waals surface area (Å²) in [5.41, 5.74) is 2.94. The molecule has 0 bridgehead atoms. The summed E-state index contributed by atoms with van der Waals surface area (Å²) in [5.74, 6) is 1.02. The fourth-order valence-electron chi connectivity index (χ4n) is 2.76. The molecule has 1 atom stereocenters. The third-order valence-corrected chi connectivity index (χ3v) is 3.88. The largest absolute Gasteiger partial charge is 0.492 e. The normalized spacial score (nSPS) is 18.1. The van der Waals surface area contributed by atoms with E-state index < -0.39 is 0 Å². The van der Waals surface area contributed by atoms with Crippen molar-refractivity contribution in [3.8, 4) is 5.75 Å². The molecule has 1 aliphatic carbocycles. The van der Waals surface area contributed by atoms with E-state index in [2.05, 4.69) is 49.4 Å². The van der Waals surface area contributed by atoms with Crippen molar-refractivity contribution in [3.05, 3.63) is 29.3 Å². The first-order valence-electron chi connectivity index (χ1n) is 7.84. The smallest absolute Gasteiger partial charge is 0.119 e. The number of hydrogen-bond acceptors (Lipinski definition) is 3. The Morgan fingerprint density at radius 2 is 2.20 bits per heavy atom. The fourth-order valence-corrected chi connectivity index (χ4v) is 2.76. The van der Waals surface area contributed by atoms with Gasteiger partial charge in [0.05, 0.1) is 0 Å². The van der Waals surface area contributed by atoms with E-state index in [1.807, 2.05) is 0 Å². The molecule has 0 saturated carbocycles. The number of fused-ring (bicyclic) bond motifs is 1. The van der Waals surface area contributed by atoms with Gasteiger partial charge in [-0.3, -0.25) is 0 Å². The van der Waals surface area contributed by atoms with E-state index in [-0.39, 0.29) is 0 Å². The Morgan fingerprint density at radius 3 is 2.95 bits per heavy atom. The molecule has 2 rings (SSSR count). The number of rotatable bonds is 7. The van der Waals surface area contributed by atoms with E-state index in [4.69, 9.17) is 4.74 Å². The first-order valence-corrected chi connectivity index (χ1v) is 7.84. The summed E-state index contributed by atoms with van der Waals surface area (Å²) in [6.45, 7) is 5.03. The molecule has 1 aromatic carbocycles. The van der Waals surface area contributed by atoms with E-state index in [1.54, 1.807) is 0 Å². The van der Waals surface area contributed by atoms with Gasteiger partial charge in [-0.15, -0.1) is 0 Å². The molecule has 0 heterocycles. The maximum atomic E-state index is 5.84. The van der Waals surface area contributed by atoms with Crippen LogP contribution in [0.3, 0.4) is 0 Å². The Bertz CT molecular complexity index is 417. The van der Waals surface area contributed by atoms with Gasteiger partial charge in [0.2, 0.25) is 0 Å². The van der Waals surface area contributed by atoms with Crippen molar-refractivity contribution < 1.29 is 4.74 Å². The van der Waals surface area contributed by atoms with Crippen LogP contribution in [0.25, 0.3) is 0 Å². The standard InChI is InChI=1S/C17H28N2O/c1-4-10-18-17-7-5-6-14-13-15(8-9-16(14)17)20-12-11-19(2)3/h8-9,13,17-18H,4-7,10-12H2,1-3H3. The van der Waals surface area contributed by atoms with Gasteiger partial charge < -0.3 is 15.0 Å². The Morgan fingerprint density at radius 1 is 1.35 bits per heavy atom. The first kappa shape index (κ1) is 15.3. The lowest BCUT2D eigenvalue weighted by Gasteiger charge is -2.27. The lowest BCUT2D eigenvalue weighted by Crippen LogP contribution is -2.26. The second-order valence-electron chi connectivity index (χ2n) is 5.91. The molecule has 0 radical (unpaired) electrons. The minimum Gasteiger partial charge on any atom is -0.492 e. The lowest BCUT2D eigenvalue weighted by molar-refractivity contribution is 0.261. The third kappa shape index (κ3) is 4.22.